The van der Waals surface area contributed by atoms with E-state index in [4.69, 9.17) is 14.2 Å². The van der Waals surface area contributed by atoms with E-state index in [1.54, 1.807) is 6.08 Å². The molecule has 1 aliphatic rings. The Hall–Kier alpha value is -3.18. The Labute approximate surface area is 248 Å². The number of cyclic esters (lactones) is 1. The van der Waals surface area contributed by atoms with Crippen molar-refractivity contribution in [1.82, 2.24) is 0 Å². The van der Waals surface area contributed by atoms with E-state index in [0.29, 0.717) is 24.7 Å². The van der Waals surface area contributed by atoms with Crippen molar-refractivity contribution in [1.29, 1.82) is 0 Å². The van der Waals surface area contributed by atoms with Gasteiger partial charge in [-0.3, -0.25) is 0 Å². The molecule has 0 fully saturated rings. The van der Waals surface area contributed by atoms with E-state index in [1.165, 1.54) is 3.57 Å². The Morgan fingerprint density at radius 2 is 1.53 bits per heavy atom. The van der Waals surface area contributed by atoms with Crippen molar-refractivity contribution in [2.24, 2.45) is 4.99 Å². The maximum absolute atomic E-state index is 12.6. The fraction of sp³-hybridized carbons (Fsp3) is 0.0968. The first-order valence-electron chi connectivity index (χ1n) is 12.0. The second kappa shape index (κ2) is 12.1. The molecule has 0 saturated heterocycles. The van der Waals surface area contributed by atoms with Crippen molar-refractivity contribution in [3.63, 3.8) is 0 Å². The minimum absolute atomic E-state index is 0.234. The van der Waals surface area contributed by atoms with Gasteiger partial charge in [-0.2, -0.15) is 0 Å². The minimum atomic E-state index is -0.487. The standard InChI is InChI=1S/C31H23I2NO4/c1-2-36-28-18-21(16-26(33)29(28)37-19-20-8-14-25(32)15-9-20)17-27-31(35)38-30(34-27)24-12-10-23(11-13-24)22-6-4-3-5-7-22/h3-18H,2,19H2,1H3/b27-17-. The Balaban J connectivity index is 1.37. The molecule has 4 aromatic rings. The smallest absolute Gasteiger partial charge is 0.363 e. The highest BCUT2D eigenvalue weighted by molar-refractivity contribution is 14.1. The van der Waals surface area contributed by atoms with Crippen LogP contribution in [0.5, 0.6) is 11.5 Å². The Kier molecular flexibility index (Phi) is 8.43. The summed E-state index contributed by atoms with van der Waals surface area (Å²) in [4.78, 5) is 17.1. The molecule has 0 unspecified atom stereocenters. The molecule has 5 rings (SSSR count). The number of carbonyl (C=O) groups excluding carboxylic acids is 1. The topological polar surface area (TPSA) is 57.1 Å². The highest BCUT2D eigenvalue weighted by Gasteiger charge is 2.24. The van der Waals surface area contributed by atoms with E-state index in [0.717, 1.165) is 31.4 Å². The van der Waals surface area contributed by atoms with Gasteiger partial charge in [0.15, 0.2) is 17.2 Å². The summed E-state index contributed by atoms with van der Waals surface area (Å²) in [6, 6.07) is 29.9. The number of carbonyl (C=O) groups is 1. The molecule has 1 heterocycles. The van der Waals surface area contributed by atoms with Gasteiger partial charge in [-0.1, -0.05) is 54.6 Å². The van der Waals surface area contributed by atoms with Gasteiger partial charge < -0.3 is 14.2 Å². The zero-order chi connectivity index (χ0) is 26.5. The predicted octanol–water partition coefficient (Wildman–Crippen LogP) is 7.89. The summed E-state index contributed by atoms with van der Waals surface area (Å²) in [7, 11) is 0. The normalized spacial score (nSPS) is 13.8. The lowest BCUT2D eigenvalue weighted by Gasteiger charge is -2.15. The highest BCUT2D eigenvalue weighted by Crippen LogP contribution is 2.36. The lowest BCUT2D eigenvalue weighted by molar-refractivity contribution is -0.129. The maximum Gasteiger partial charge on any atom is 0.363 e. The van der Waals surface area contributed by atoms with Crippen LogP contribution >= 0.6 is 45.2 Å². The Bertz CT molecular complexity index is 1510. The van der Waals surface area contributed by atoms with Crippen LogP contribution in [0.4, 0.5) is 0 Å². The molecule has 0 atom stereocenters. The molecule has 1 aliphatic heterocycles. The van der Waals surface area contributed by atoms with Gasteiger partial charge in [-0.05, 0) is 117 Å². The number of hydrogen-bond acceptors (Lipinski definition) is 5. The number of aliphatic imine (C=N–C) groups is 1. The third-order valence-electron chi connectivity index (χ3n) is 5.79. The van der Waals surface area contributed by atoms with Gasteiger partial charge in [-0.15, -0.1) is 0 Å². The summed E-state index contributed by atoms with van der Waals surface area (Å²) in [6.07, 6.45) is 1.71. The van der Waals surface area contributed by atoms with Crippen LogP contribution in [0.1, 0.15) is 23.6 Å². The molecule has 0 radical (unpaired) electrons. The number of esters is 1. The first-order chi connectivity index (χ1) is 18.5. The van der Waals surface area contributed by atoms with E-state index >= 15 is 0 Å². The lowest BCUT2D eigenvalue weighted by Crippen LogP contribution is -2.05. The summed E-state index contributed by atoms with van der Waals surface area (Å²) < 4.78 is 19.6. The number of ether oxygens (including phenoxy) is 3. The third-order valence-corrected chi connectivity index (χ3v) is 7.31. The monoisotopic (exact) mass is 727 g/mol. The van der Waals surface area contributed by atoms with Crippen LogP contribution in [0.2, 0.25) is 0 Å². The van der Waals surface area contributed by atoms with Gasteiger partial charge in [0.25, 0.3) is 0 Å². The summed E-state index contributed by atoms with van der Waals surface area (Å²) >= 11 is 4.51. The molecule has 7 heteroatoms. The van der Waals surface area contributed by atoms with Crippen molar-refractivity contribution >= 4 is 63.1 Å². The molecule has 5 nitrogen and oxygen atoms in total. The predicted molar refractivity (Wildman–Crippen MR) is 166 cm³/mol. The van der Waals surface area contributed by atoms with Crippen LogP contribution < -0.4 is 9.47 Å². The summed E-state index contributed by atoms with van der Waals surface area (Å²) in [6.45, 7) is 2.84. The molecule has 0 N–H and O–H groups in total. The maximum atomic E-state index is 12.6. The van der Waals surface area contributed by atoms with Gasteiger partial charge in [0.1, 0.15) is 6.61 Å². The molecule has 0 aliphatic carbocycles. The number of rotatable bonds is 8. The third kappa shape index (κ3) is 6.27. The second-order valence-corrected chi connectivity index (χ2v) is 10.9. The van der Waals surface area contributed by atoms with Gasteiger partial charge in [0.2, 0.25) is 5.90 Å². The van der Waals surface area contributed by atoms with E-state index < -0.39 is 5.97 Å². The molecule has 190 valence electrons. The first kappa shape index (κ1) is 26.4. The van der Waals surface area contributed by atoms with Crippen LogP contribution in [0.15, 0.2) is 102 Å². The molecule has 0 amide bonds. The van der Waals surface area contributed by atoms with Crippen LogP contribution in [-0.4, -0.2) is 18.5 Å². The first-order valence-corrected chi connectivity index (χ1v) is 14.2. The molecular formula is C31H23I2NO4. The molecule has 0 spiro atoms. The number of nitrogens with zero attached hydrogens (tertiary/aromatic N) is 1. The molecule has 38 heavy (non-hydrogen) atoms. The van der Waals surface area contributed by atoms with Crippen LogP contribution in [0, 0.1) is 7.14 Å². The fourth-order valence-electron chi connectivity index (χ4n) is 3.94. The second-order valence-electron chi connectivity index (χ2n) is 8.46. The SMILES string of the molecule is CCOc1cc(/C=C2\N=C(c3ccc(-c4ccccc4)cc3)OC2=O)cc(I)c1OCc1ccc(I)cc1. The zero-order valence-electron chi connectivity index (χ0n) is 20.5. The number of benzene rings is 4. The minimum Gasteiger partial charge on any atom is -0.490 e. The quantitative estimate of drug-likeness (QED) is 0.105. The van der Waals surface area contributed by atoms with Gasteiger partial charge in [-0.25, -0.2) is 9.79 Å². The van der Waals surface area contributed by atoms with Crippen molar-refractivity contribution in [3.05, 3.63) is 121 Å². The molecule has 4 aromatic carbocycles. The number of hydrogen-bond donors (Lipinski definition) is 0. The Morgan fingerprint density at radius 1 is 0.842 bits per heavy atom. The van der Waals surface area contributed by atoms with Crippen molar-refractivity contribution in [2.75, 3.05) is 6.61 Å². The van der Waals surface area contributed by atoms with Gasteiger partial charge in [0, 0.05) is 9.13 Å². The molecule has 0 aromatic heterocycles. The largest absolute Gasteiger partial charge is 0.490 e. The Morgan fingerprint density at radius 3 is 2.24 bits per heavy atom. The van der Waals surface area contributed by atoms with Crippen LogP contribution in [0.25, 0.3) is 17.2 Å². The number of halogens is 2. The highest BCUT2D eigenvalue weighted by atomic mass is 127. The average molecular weight is 727 g/mol. The van der Waals surface area contributed by atoms with Crippen LogP contribution in [0.3, 0.4) is 0 Å². The molecule has 0 saturated carbocycles. The van der Waals surface area contributed by atoms with Gasteiger partial charge >= 0.3 is 5.97 Å². The lowest BCUT2D eigenvalue weighted by atomic mass is 10.0. The summed E-state index contributed by atoms with van der Waals surface area (Å²) in [5.41, 5.74) is 5.02. The fourth-order valence-corrected chi connectivity index (χ4v) is 5.08. The van der Waals surface area contributed by atoms with Crippen LogP contribution in [-0.2, 0) is 16.1 Å². The van der Waals surface area contributed by atoms with Crippen molar-refractivity contribution < 1.29 is 19.0 Å². The zero-order valence-corrected chi connectivity index (χ0v) is 24.8. The van der Waals surface area contributed by atoms with Gasteiger partial charge in [0.05, 0.1) is 10.2 Å². The van der Waals surface area contributed by atoms with Crippen molar-refractivity contribution in [3.8, 4) is 22.6 Å². The van der Waals surface area contributed by atoms with E-state index in [1.807, 2.05) is 73.7 Å². The van der Waals surface area contributed by atoms with E-state index in [-0.39, 0.29) is 11.6 Å². The summed E-state index contributed by atoms with van der Waals surface area (Å²) in [5.74, 6) is 1.09. The molecule has 0 bridgehead atoms. The molecular weight excluding hydrogens is 704 g/mol. The van der Waals surface area contributed by atoms with Crippen molar-refractivity contribution in [2.45, 2.75) is 13.5 Å². The average Bonchev–Trinajstić information content (AvgIpc) is 3.30. The van der Waals surface area contributed by atoms with E-state index in [2.05, 4.69) is 74.4 Å². The van der Waals surface area contributed by atoms with E-state index in [9.17, 15) is 4.79 Å². The summed E-state index contributed by atoms with van der Waals surface area (Å²) in [5, 5.41) is 0.